The van der Waals surface area contributed by atoms with E-state index in [1.165, 1.54) is 0 Å². The lowest BCUT2D eigenvalue weighted by molar-refractivity contribution is 0.0196. The summed E-state index contributed by atoms with van der Waals surface area (Å²) in [4.78, 5) is 2.46. The first-order valence-corrected chi connectivity index (χ1v) is 6.93. The van der Waals surface area contributed by atoms with Crippen LogP contribution in [-0.2, 0) is 9.47 Å². The lowest BCUT2D eigenvalue weighted by Crippen LogP contribution is -2.48. The summed E-state index contributed by atoms with van der Waals surface area (Å²) in [5.41, 5.74) is 5.96. The molecule has 1 fully saturated rings. The first kappa shape index (κ1) is 14.9. The molecule has 1 heterocycles. The van der Waals surface area contributed by atoms with Gasteiger partial charge in [0.15, 0.2) is 0 Å². The van der Waals surface area contributed by atoms with Crippen molar-refractivity contribution in [1.29, 1.82) is 0 Å². The number of ether oxygens (including phenoxy) is 2. The normalized spacial score (nSPS) is 19.8. The van der Waals surface area contributed by atoms with Crippen LogP contribution in [0.4, 0.5) is 0 Å². The van der Waals surface area contributed by atoms with Gasteiger partial charge in [0.1, 0.15) is 0 Å². The van der Waals surface area contributed by atoms with Crippen molar-refractivity contribution in [3.8, 4) is 0 Å². The number of hydrogen-bond donors (Lipinski definition) is 1. The molecule has 1 aliphatic rings. The van der Waals surface area contributed by atoms with Crippen molar-refractivity contribution in [3.63, 3.8) is 0 Å². The fraction of sp³-hybridized carbons (Fsp3) is 1.00. The van der Waals surface area contributed by atoms with Crippen molar-refractivity contribution in [2.75, 3.05) is 46.1 Å². The van der Waals surface area contributed by atoms with Crippen LogP contribution in [0, 0.1) is 5.92 Å². The molecule has 2 N–H and O–H groups in total. The van der Waals surface area contributed by atoms with Gasteiger partial charge in [-0.25, -0.2) is 0 Å². The fourth-order valence-electron chi connectivity index (χ4n) is 2.62. The minimum atomic E-state index is 0.490. The van der Waals surface area contributed by atoms with Gasteiger partial charge in [0.2, 0.25) is 0 Å². The summed E-state index contributed by atoms with van der Waals surface area (Å²) < 4.78 is 10.9. The van der Waals surface area contributed by atoms with Crippen molar-refractivity contribution < 1.29 is 9.47 Å². The SMILES string of the molecule is CCOCCN(CC)C(CN)C1CCOCC1. The van der Waals surface area contributed by atoms with Crippen LogP contribution in [0.5, 0.6) is 0 Å². The Kier molecular flexibility index (Phi) is 7.77. The molecule has 1 rings (SSSR count). The molecule has 102 valence electrons. The summed E-state index contributed by atoms with van der Waals surface area (Å²) in [5.74, 6) is 0.690. The predicted octanol–water partition coefficient (Wildman–Crippen LogP) is 1.10. The van der Waals surface area contributed by atoms with E-state index in [4.69, 9.17) is 15.2 Å². The Bertz CT molecular complexity index is 184. The van der Waals surface area contributed by atoms with Gasteiger partial charge in [-0.15, -0.1) is 0 Å². The van der Waals surface area contributed by atoms with Gasteiger partial charge in [-0.2, -0.15) is 0 Å². The average Bonchev–Trinajstić information content (AvgIpc) is 2.39. The van der Waals surface area contributed by atoms with E-state index in [1.54, 1.807) is 0 Å². The second kappa shape index (κ2) is 8.86. The molecule has 1 aliphatic heterocycles. The Morgan fingerprint density at radius 1 is 1.35 bits per heavy atom. The van der Waals surface area contributed by atoms with E-state index in [0.717, 1.165) is 58.9 Å². The molecule has 4 heteroatoms. The van der Waals surface area contributed by atoms with E-state index < -0.39 is 0 Å². The number of likely N-dealkylation sites (N-methyl/N-ethyl adjacent to an activating group) is 1. The first-order chi connectivity index (χ1) is 8.33. The quantitative estimate of drug-likeness (QED) is 0.650. The van der Waals surface area contributed by atoms with Gasteiger partial charge in [-0.1, -0.05) is 6.92 Å². The molecule has 0 radical (unpaired) electrons. The van der Waals surface area contributed by atoms with Crippen LogP contribution in [0.25, 0.3) is 0 Å². The van der Waals surface area contributed by atoms with E-state index in [0.29, 0.717) is 12.0 Å². The topological polar surface area (TPSA) is 47.7 Å². The van der Waals surface area contributed by atoms with Crippen molar-refractivity contribution in [3.05, 3.63) is 0 Å². The molecule has 17 heavy (non-hydrogen) atoms. The van der Waals surface area contributed by atoms with E-state index >= 15 is 0 Å². The maximum atomic E-state index is 5.96. The maximum absolute atomic E-state index is 5.96. The van der Waals surface area contributed by atoms with Crippen molar-refractivity contribution in [1.82, 2.24) is 4.90 Å². The van der Waals surface area contributed by atoms with E-state index in [2.05, 4.69) is 11.8 Å². The third-order valence-electron chi connectivity index (χ3n) is 3.65. The Morgan fingerprint density at radius 2 is 2.06 bits per heavy atom. The molecule has 1 unspecified atom stereocenters. The molecule has 0 spiro atoms. The minimum Gasteiger partial charge on any atom is -0.381 e. The number of hydrogen-bond acceptors (Lipinski definition) is 4. The molecule has 1 saturated heterocycles. The summed E-state index contributed by atoms with van der Waals surface area (Å²) in [6, 6.07) is 0.490. The van der Waals surface area contributed by atoms with E-state index in [1.807, 2.05) is 6.92 Å². The molecular weight excluding hydrogens is 216 g/mol. The molecule has 4 nitrogen and oxygen atoms in total. The lowest BCUT2D eigenvalue weighted by Gasteiger charge is -2.37. The van der Waals surface area contributed by atoms with Crippen LogP contribution in [0.3, 0.4) is 0 Å². The second-order valence-electron chi connectivity index (χ2n) is 4.58. The van der Waals surface area contributed by atoms with Crippen LogP contribution < -0.4 is 5.73 Å². The van der Waals surface area contributed by atoms with Gasteiger partial charge >= 0.3 is 0 Å². The summed E-state index contributed by atoms with van der Waals surface area (Å²) in [6.07, 6.45) is 2.29. The Balaban J connectivity index is 2.43. The van der Waals surface area contributed by atoms with Crippen LogP contribution in [0.2, 0.25) is 0 Å². The lowest BCUT2D eigenvalue weighted by atomic mass is 9.90. The fourth-order valence-corrected chi connectivity index (χ4v) is 2.62. The van der Waals surface area contributed by atoms with Crippen LogP contribution >= 0.6 is 0 Å². The average molecular weight is 244 g/mol. The monoisotopic (exact) mass is 244 g/mol. The zero-order valence-electron chi connectivity index (χ0n) is 11.4. The summed E-state index contributed by atoms with van der Waals surface area (Å²) in [7, 11) is 0. The highest BCUT2D eigenvalue weighted by Crippen LogP contribution is 2.22. The summed E-state index contributed by atoms with van der Waals surface area (Å²) in [5, 5.41) is 0. The molecule has 0 aromatic rings. The van der Waals surface area contributed by atoms with Gasteiger partial charge in [0.25, 0.3) is 0 Å². The predicted molar refractivity (Wildman–Crippen MR) is 70.1 cm³/mol. The highest BCUT2D eigenvalue weighted by atomic mass is 16.5. The molecular formula is C13H28N2O2. The van der Waals surface area contributed by atoms with Crippen LogP contribution in [0.1, 0.15) is 26.7 Å². The Labute approximate surface area is 105 Å². The molecule has 1 atom stereocenters. The van der Waals surface area contributed by atoms with Crippen LogP contribution in [0.15, 0.2) is 0 Å². The van der Waals surface area contributed by atoms with Gasteiger partial charge in [0.05, 0.1) is 6.61 Å². The van der Waals surface area contributed by atoms with Crippen molar-refractivity contribution in [2.45, 2.75) is 32.7 Å². The van der Waals surface area contributed by atoms with Gasteiger partial charge in [-0.3, -0.25) is 4.90 Å². The highest BCUT2D eigenvalue weighted by Gasteiger charge is 2.26. The highest BCUT2D eigenvalue weighted by molar-refractivity contribution is 4.81. The molecule has 0 bridgehead atoms. The van der Waals surface area contributed by atoms with Gasteiger partial charge in [-0.05, 0) is 32.2 Å². The van der Waals surface area contributed by atoms with Crippen LogP contribution in [-0.4, -0.2) is 57.0 Å². The molecule has 0 amide bonds. The number of nitrogens with two attached hydrogens (primary N) is 1. The third-order valence-corrected chi connectivity index (χ3v) is 3.65. The minimum absolute atomic E-state index is 0.490. The molecule has 0 aromatic carbocycles. The Hall–Kier alpha value is -0.160. The Morgan fingerprint density at radius 3 is 2.59 bits per heavy atom. The number of nitrogens with zero attached hydrogens (tertiary/aromatic N) is 1. The second-order valence-corrected chi connectivity index (χ2v) is 4.58. The van der Waals surface area contributed by atoms with E-state index in [-0.39, 0.29) is 0 Å². The van der Waals surface area contributed by atoms with Crippen molar-refractivity contribution >= 4 is 0 Å². The zero-order valence-corrected chi connectivity index (χ0v) is 11.4. The number of rotatable bonds is 8. The van der Waals surface area contributed by atoms with Gasteiger partial charge < -0.3 is 15.2 Å². The largest absolute Gasteiger partial charge is 0.381 e. The smallest absolute Gasteiger partial charge is 0.0593 e. The maximum Gasteiger partial charge on any atom is 0.0593 e. The van der Waals surface area contributed by atoms with Gasteiger partial charge in [0, 0.05) is 39.0 Å². The molecule has 0 saturated carbocycles. The van der Waals surface area contributed by atoms with Crippen molar-refractivity contribution in [2.24, 2.45) is 11.7 Å². The zero-order chi connectivity index (χ0) is 12.5. The summed E-state index contributed by atoms with van der Waals surface area (Å²) >= 11 is 0. The standard InChI is InChI=1S/C13H28N2O2/c1-3-15(7-10-16-4-2)13(11-14)12-5-8-17-9-6-12/h12-13H,3-11,14H2,1-2H3. The molecule has 0 aliphatic carbocycles. The first-order valence-electron chi connectivity index (χ1n) is 6.93. The van der Waals surface area contributed by atoms with E-state index in [9.17, 15) is 0 Å². The summed E-state index contributed by atoms with van der Waals surface area (Å²) in [6.45, 7) is 10.4. The molecule has 0 aromatic heterocycles. The third kappa shape index (κ3) is 4.92.